The fourth-order valence-electron chi connectivity index (χ4n) is 3.86. The van der Waals surface area contributed by atoms with Crippen LogP contribution in [0.3, 0.4) is 0 Å². The van der Waals surface area contributed by atoms with Crippen molar-refractivity contribution in [1.82, 2.24) is 24.3 Å². The number of aryl methyl sites for hydroxylation is 1. The maximum absolute atomic E-state index is 12.8. The van der Waals surface area contributed by atoms with Gasteiger partial charge in [0.2, 0.25) is 11.7 Å². The second kappa shape index (κ2) is 6.84. The third kappa shape index (κ3) is 3.08. The van der Waals surface area contributed by atoms with Crippen molar-refractivity contribution >= 4 is 16.8 Å². The lowest BCUT2D eigenvalue weighted by atomic mass is 10.1. The van der Waals surface area contributed by atoms with Crippen LogP contribution in [-0.4, -0.2) is 36.7 Å². The summed E-state index contributed by atoms with van der Waals surface area (Å²) in [5.41, 5.74) is 4.40. The monoisotopic (exact) mass is 387 g/mol. The predicted octanol–water partition coefficient (Wildman–Crippen LogP) is 3.83. The molecule has 0 N–H and O–H groups in total. The lowest BCUT2D eigenvalue weighted by Crippen LogP contribution is -2.13. The van der Waals surface area contributed by atoms with Gasteiger partial charge in [0, 0.05) is 23.0 Å². The molecule has 3 aromatic heterocycles. The number of hydrogen-bond acceptors (Lipinski definition) is 5. The minimum absolute atomic E-state index is 0.0489. The Hall–Kier alpha value is -3.48. The molecular weight excluding hydrogens is 366 g/mol. The summed E-state index contributed by atoms with van der Waals surface area (Å²) in [6.45, 7) is 3.98. The molecule has 0 atom stereocenters. The van der Waals surface area contributed by atoms with E-state index in [4.69, 9.17) is 4.74 Å². The van der Waals surface area contributed by atoms with Gasteiger partial charge in [-0.15, -0.1) is 0 Å². The fourth-order valence-corrected chi connectivity index (χ4v) is 3.86. The van der Waals surface area contributed by atoms with Gasteiger partial charge >= 0.3 is 0 Å². The van der Waals surface area contributed by atoms with Crippen LogP contribution in [0.25, 0.3) is 16.7 Å². The number of ether oxygens (including phenoxy) is 1. The number of fused-ring (bicyclic) bond motifs is 1. The minimum Gasteiger partial charge on any atom is -0.469 e. The van der Waals surface area contributed by atoms with E-state index in [1.807, 2.05) is 43.3 Å². The maximum atomic E-state index is 12.8. The molecule has 146 valence electrons. The van der Waals surface area contributed by atoms with E-state index in [-0.39, 0.29) is 12.4 Å². The molecule has 7 nitrogen and oxygen atoms in total. The Kier molecular flexibility index (Phi) is 4.16. The number of carbonyl (C=O) groups excluding carboxylic acids is 1. The van der Waals surface area contributed by atoms with Gasteiger partial charge in [-0.1, -0.05) is 18.2 Å². The maximum Gasteiger partial charge on any atom is 0.228 e. The van der Waals surface area contributed by atoms with Crippen LogP contribution in [0.15, 0.2) is 48.9 Å². The Balaban J connectivity index is 1.39. The highest BCUT2D eigenvalue weighted by Gasteiger charge is 2.28. The second-order valence-corrected chi connectivity index (χ2v) is 7.41. The zero-order valence-corrected chi connectivity index (χ0v) is 16.4. The van der Waals surface area contributed by atoms with E-state index in [0.29, 0.717) is 23.0 Å². The van der Waals surface area contributed by atoms with Crippen LogP contribution in [0.5, 0.6) is 5.88 Å². The van der Waals surface area contributed by atoms with Crippen LogP contribution in [-0.2, 0) is 0 Å². The van der Waals surface area contributed by atoms with Crippen molar-refractivity contribution in [3.63, 3.8) is 0 Å². The molecular formula is C22H21N5O2. The highest BCUT2D eigenvalue weighted by atomic mass is 16.5. The SMILES string of the molecule is Cc1cc(C(=O)COc2ncnc3c2cnn3-c2ccccc2)c(C)n1C1CC1. The largest absolute Gasteiger partial charge is 0.469 e. The van der Waals surface area contributed by atoms with Crippen molar-refractivity contribution in [2.24, 2.45) is 0 Å². The molecule has 1 aromatic carbocycles. The number of para-hydroxylation sites is 1. The molecule has 0 aliphatic heterocycles. The first-order valence-corrected chi connectivity index (χ1v) is 9.72. The number of nitrogens with zero attached hydrogens (tertiary/aromatic N) is 5. The molecule has 1 saturated carbocycles. The van der Waals surface area contributed by atoms with E-state index in [1.165, 1.54) is 19.2 Å². The molecule has 4 aromatic rings. The number of rotatable bonds is 6. The van der Waals surface area contributed by atoms with Crippen molar-refractivity contribution in [3.8, 4) is 11.6 Å². The summed E-state index contributed by atoms with van der Waals surface area (Å²) in [7, 11) is 0. The molecule has 0 saturated heterocycles. The highest BCUT2D eigenvalue weighted by Crippen LogP contribution is 2.38. The molecule has 0 radical (unpaired) electrons. The van der Waals surface area contributed by atoms with Gasteiger partial charge in [-0.2, -0.15) is 5.10 Å². The van der Waals surface area contributed by atoms with Crippen LogP contribution in [0.2, 0.25) is 0 Å². The number of benzene rings is 1. The number of aromatic nitrogens is 5. The zero-order valence-electron chi connectivity index (χ0n) is 16.4. The molecule has 1 fully saturated rings. The quantitative estimate of drug-likeness (QED) is 0.470. The Bertz CT molecular complexity index is 1200. The number of hydrogen-bond donors (Lipinski definition) is 0. The summed E-state index contributed by atoms with van der Waals surface area (Å²) in [5, 5.41) is 5.09. The van der Waals surface area contributed by atoms with Gasteiger partial charge in [-0.05, 0) is 44.9 Å². The summed E-state index contributed by atoms with van der Waals surface area (Å²) >= 11 is 0. The highest BCUT2D eigenvalue weighted by molar-refractivity contribution is 5.98. The lowest BCUT2D eigenvalue weighted by molar-refractivity contribution is 0.0918. The molecule has 0 amide bonds. The average molecular weight is 387 g/mol. The second-order valence-electron chi connectivity index (χ2n) is 7.41. The third-order valence-electron chi connectivity index (χ3n) is 5.37. The van der Waals surface area contributed by atoms with Crippen LogP contribution in [0.1, 0.15) is 40.6 Å². The van der Waals surface area contributed by atoms with Gasteiger partial charge in [0.05, 0.1) is 11.9 Å². The Morgan fingerprint density at radius 2 is 1.97 bits per heavy atom. The lowest BCUT2D eigenvalue weighted by Gasteiger charge is -2.08. The van der Waals surface area contributed by atoms with Crippen molar-refractivity contribution < 1.29 is 9.53 Å². The molecule has 1 aliphatic carbocycles. The van der Waals surface area contributed by atoms with E-state index >= 15 is 0 Å². The normalized spacial score (nSPS) is 13.7. The summed E-state index contributed by atoms with van der Waals surface area (Å²) in [6.07, 6.45) is 5.47. The summed E-state index contributed by atoms with van der Waals surface area (Å²) in [6, 6.07) is 12.2. The van der Waals surface area contributed by atoms with Gasteiger partial charge in [0.15, 0.2) is 12.3 Å². The Morgan fingerprint density at radius 1 is 1.17 bits per heavy atom. The number of ketones is 1. The fraction of sp³-hybridized carbons (Fsp3) is 0.273. The molecule has 3 heterocycles. The first kappa shape index (κ1) is 17.6. The summed E-state index contributed by atoms with van der Waals surface area (Å²) in [5.74, 6) is 0.314. The van der Waals surface area contributed by atoms with Gasteiger partial charge in [-0.25, -0.2) is 14.6 Å². The van der Waals surface area contributed by atoms with Crippen molar-refractivity contribution in [2.75, 3.05) is 6.61 Å². The van der Waals surface area contributed by atoms with Gasteiger partial charge in [0.1, 0.15) is 11.7 Å². The van der Waals surface area contributed by atoms with Crippen LogP contribution in [0.4, 0.5) is 0 Å². The minimum atomic E-state index is -0.0718. The van der Waals surface area contributed by atoms with Crippen molar-refractivity contribution in [1.29, 1.82) is 0 Å². The molecule has 0 unspecified atom stereocenters. The predicted molar refractivity (Wildman–Crippen MR) is 109 cm³/mol. The molecule has 0 spiro atoms. The third-order valence-corrected chi connectivity index (χ3v) is 5.37. The Labute approximate surface area is 168 Å². The first-order chi connectivity index (χ1) is 14.1. The molecule has 5 rings (SSSR count). The summed E-state index contributed by atoms with van der Waals surface area (Å²) < 4.78 is 9.80. The summed E-state index contributed by atoms with van der Waals surface area (Å²) in [4.78, 5) is 21.4. The van der Waals surface area contributed by atoms with Gasteiger partial charge in [-0.3, -0.25) is 4.79 Å². The molecule has 0 bridgehead atoms. The van der Waals surface area contributed by atoms with Crippen LogP contribution in [0, 0.1) is 13.8 Å². The van der Waals surface area contributed by atoms with Crippen molar-refractivity contribution in [2.45, 2.75) is 32.7 Å². The first-order valence-electron chi connectivity index (χ1n) is 9.72. The average Bonchev–Trinajstić information content (AvgIpc) is 3.39. The van der Waals surface area contributed by atoms with E-state index in [0.717, 1.165) is 22.6 Å². The van der Waals surface area contributed by atoms with Gasteiger partial charge < -0.3 is 9.30 Å². The van der Waals surface area contributed by atoms with E-state index in [2.05, 4.69) is 26.6 Å². The van der Waals surface area contributed by atoms with E-state index in [1.54, 1.807) is 10.9 Å². The standard InChI is InChI=1S/C22H21N5O2/c1-14-10-18(15(2)26(14)16-8-9-16)20(28)12-29-22-19-11-25-27(21(19)23-13-24-22)17-6-4-3-5-7-17/h3-7,10-11,13,16H,8-9,12H2,1-2H3. The van der Waals surface area contributed by atoms with E-state index in [9.17, 15) is 4.79 Å². The van der Waals surface area contributed by atoms with Crippen LogP contribution >= 0.6 is 0 Å². The number of carbonyl (C=O) groups is 1. The van der Waals surface area contributed by atoms with E-state index < -0.39 is 0 Å². The van der Waals surface area contributed by atoms with Gasteiger partial charge in [0.25, 0.3) is 0 Å². The zero-order chi connectivity index (χ0) is 20.0. The van der Waals surface area contributed by atoms with Crippen molar-refractivity contribution in [3.05, 3.63) is 65.9 Å². The Morgan fingerprint density at radius 3 is 2.72 bits per heavy atom. The molecule has 29 heavy (non-hydrogen) atoms. The van der Waals surface area contributed by atoms with Crippen LogP contribution < -0.4 is 4.74 Å². The number of Topliss-reactive ketones (excluding diaryl/α,β-unsaturated/α-hetero) is 1. The smallest absolute Gasteiger partial charge is 0.228 e. The topological polar surface area (TPSA) is 74.8 Å². The molecule has 7 heteroatoms. The molecule has 1 aliphatic rings.